The molecule has 3 heteroatoms. The number of hydrogen-bond acceptors (Lipinski definition) is 2. The topological polar surface area (TPSA) is 30.2 Å². The van der Waals surface area contributed by atoms with E-state index in [1.54, 1.807) is 0 Å². The van der Waals surface area contributed by atoms with E-state index in [4.69, 9.17) is 9.21 Å². The van der Waals surface area contributed by atoms with Crippen LogP contribution in [0.3, 0.4) is 0 Å². The Morgan fingerprint density at radius 1 is 1.56 bits per heavy atom. The van der Waals surface area contributed by atoms with Crippen molar-refractivity contribution in [2.24, 2.45) is 0 Å². The van der Waals surface area contributed by atoms with Crippen molar-refractivity contribution in [3.63, 3.8) is 0 Å². The van der Waals surface area contributed by atoms with E-state index in [-0.39, 0.29) is 0 Å². The van der Waals surface area contributed by atoms with Gasteiger partial charge in [-0.15, -0.1) is 0 Å². The highest BCUT2D eigenvalue weighted by molar-refractivity contribution is 9.10. The van der Waals surface area contributed by atoms with Gasteiger partial charge in [-0.3, -0.25) is 0 Å². The van der Waals surface area contributed by atoms with E-state index in [2.05, 4.69) is 15.9 Å². The standard InChI is InChI=1S/C5H5BrO.CH2O/c1-4-2-3-5(6)7-4;1-2/h2-3H,1H3;1H2. The summed E-state index contributed by atoms with van der Waals surface area (Å²) in [4.78, 5) is 8.00. The fourth-order valence-electron chi connectivity index (χ4n) is 0.405. The average molecular weight is 191 g/mol. The number of rotatable bonds is 0. The highest BCUT2D eigenvalue weighted by atomic mass is 79.9. The number of halogens is 1. The van der Waals surface area contributed by atoms with Crippen LogP contribution in [0.1, 0.15) is 5.76 Å². The lowest BCUT2D eigenvalue weighted by Crippen LogP contribution is -1.49. The molecule has 0 amide bonds. The van der Waals surface area contributed by atoms with Gasteiger partial charge in [-0.2, -0.15) is 0 Å². The Labute approximate surface area is 62.0 Å². The molecule has 0 bridgehead atoms. The van der Waals surface area contributed by atoms with Gasteiger partial charge in [-0.25, -0.2) is 0 Å². The van der Waals surface area contributed by atoms with Gasteiger partial charge in [0.05, 0.1) is 0 Å². The van der Waals surface area contributed by atoms with Gasteiger partial charge in [0, 0.05) is 0 Å². The molecule has 0 saturated carbocycles. The maximum Gasteiger partial charge on any atom is 0.169 e. The van der Waals surface area contributed by atoms with Crippen molar-refractivity contribution in [3.05, 3.63) is 22.6 Å². The zero-order chi connectivity index (χ0) is 7.28. The molecule has 0 N–H and O–H groups in total. The molecule has 1 rings (SSSR count). The summed E-state index contributed by atoms with van der Waals surface area (Å²) in [6, 6.07) is 3.78. The first-order chi connectivity index (χ1) is 4.29. The highest BCUT2D eigenvalue weighted by Gasteiger charge is 1.87. The van der Waals surface area contributed by atoms with Crippen molar-refractivity contribution in [1.82, 2.24) is 0 Å². The van der Waals surface area contributed by atoms with E-state index >= 15 is 0 Å². The lowest BCUT2D eigenvalue weighted by molar-refractivity contribution is -0.0979. The van der Waals surface area contributed by atoms with Gasteiger partial charge in [-0.1, -0.05) is 0 Å². The summed E-state index contributed by atoms with van der Waals surface area (Å²) >= 11 is 3.17. The molecule has 2 nitrogen and oxygen atoms in total. The molecule has 0 aliphatic carbocycles. The monoisotopic (exact) mass is 190 g/mol. The molecule has 0 atom stereocenters. The normalized spacial score (nSPS) is 7.78. The average Bonchev–Trinajstić information content (AvgIpc) is 2.20. The molecule has 1 aromatic heterocycles. The van der Waals surface area contributed by atoms with E-state index in [1.165, 1.54) is 0 Å². The van der Waals surface area contributed by atoms with E-state index in [9.17, 15) is 0 Å². The largest absolute Gasteiger partial charge is 0.455 e. The van der Waals surface area contributed by atoms with Crippen LogP contribution in [0, 0.1) is 6.92 Å². The van der Waals surface area contributed by atoms with Crippen molar-refractivity contribution in [1.29, 1.82) is 0 Å². The van der Waals surface area contributed by atoms with E-state index < -0.39 is 0 Å². The molecule has 9 heavy (non-hydrogen) atoms. The smallest absolute Gasteiger partial charge is 0.169 e. The van der Waals surface area contributed by atoms with Crippen molar-refractivity contribution < 1.29 is 9.21 Å². The Morgan fingerprint density at radius 2 is 2.11 bits per heavy atom. The first kappa shape index (κ1) is 8.43. The van der Waals surface area contributed by atoms with Crippen molar-refractivity contribution in [2.75, 3.05) is 0 Å². The summed E-state index contributed by atoms with van der Waals surface area (Å²) in [5.74, 6) is 0.937. The SMILES string of the molecule is C=O.Cc1ccc(Br)o1. The van der Waals surface area contributed by atoms with Crippen molar-refractivity contribution >= 4 is 22.7 Å². The second-order valence-electron chi connectivity index (χ2n) is 1.35. The summed E-state index contributed by atoms with van der Waals surface area (Å²) in [6.07, 6.45) is 0. The second-order valence-corrected chi connectivity index (χ2v) is 2.13. The number of aryl methyl sites for hydroxylation is 1. The summed E-state index contributed by atoms with van der Waals surface area (Å²) in [5.41, 5.74) is 0. The fraction of sp³-hybridized carbons (Fsp3) is 0.167. The Hall–Kier alpha value is -0.570. The molecule has 0 saturated heterocycles. The lowest BCUT2D eigenvalue weighted by Gasteiger charge is -1.74. The van der Waals surface area contributed by atoms with Crippen LogP contribution in [0.4, 0.5) is 0 Å². The summed E-state index contributed by atoms with van der Waals surface area (Å²) < 4.78 is 5.80. The van der Waals surface area contributed by atoms with Crippen LogP contribution in [0.2, 0.25) is 0 Å². The van der Waals surface area contributed by atoms with Crippen LogP contribution in [0.25, 0.3) is 0 Å². The molecule has 1 aromatic rings. The van der Waals surface area contributed by atoms with E-state index in [0.717, 1.165) is 10.4 Å². The van der Waals surface area contributed by atoms with E-state index in [0.29, 0.717) is 0 Å². The van der Waals surface area contributed by atoms with Crippen LogP contribution in [0.15, 0.2) is 21.2 Å². The third kappa shape index (κ3) is 3.08. The van der Waals surface area contributed by atoms with Crippen LogP contribution < -0.4 is 0 Å². The summed E-state index contributed by atoms with van der Waals surface area (Å²) in [7, 11) is 0. The minimum Gasteiger partial charge on any atom is -0.455 e. The number of hydrogen-bond donors (Lipinski definition) is 0. The van der Waals surface area contributed by atoms with Gasteiger partial charge in [-0.05, 0) is 35.0 Å². The summed E-state index contributed by atoms with van der Waals surface area (Å²) in [5, 5.41) is 0. The van der Waals surface area contributed by atoms with E-state index in [1.807, 2.05) is 25.8 Å². The Bertz CT molecular complexity index is 155. The summed E-state index contributed by atoms with van der Waals surface area (Å²) in [6.45, 7) is 3.91. The molecule has 0 fully saturated rings. The van der Waals surface area contributed by atoms with Gasteiger partial charge in [0.2, 0.25) is 0 Å². The van der Waals surface area contributed by atoms with Gasteiger partial charge in [0.15, 0.2) is 4.67 Å². The first-order valence-corrected chi connectivity index (χ1v) is 3.09. The highest BCUT2D eigenvalue weighted by Crippen LogP contribution is 2.11. The van der Waals surface area contributed by atoms with Crippen LogP contribution in [-0.2, 0) is 4.79 Å². The predicted molar refractivity (Wildman–Crippen MR) is 38.3 cm³/mol. The Balaban J connectivity index is 0.000000291. The third-order valence-corrected chi connectivity index (χ3v) is 1.13. The molecule has 0 unspecified atom stereocenters. The fourth-order valence-corrected chi connectivity index (χ4v) is 0.792. The predicted octanol–water partition coefficient (Wildman–Crippen LogP) is 2.17. The molecule has 50 valence electrons. The molecule has 0 aliphatic heterocycles. The quantitative estimate of drug-likeness (QED) is 0.628. The minimum absolute atomic E-state index is 0.796. The lowest BCUT2D eigenvalue weighted by atomic mass is 10.5. The number of furan rings is 1. The maximum absolute atomic E-state index is 8.00. The van der Waals surface area contributed by atoms with Gasteiger partial charge in [0.1, 0.15) is 12.5 Å². The zero-order valence-electron chi connectivity index (χ0n) is 5.06. The van der Waals surface area contributed by atoms with Gasteiger partial charge in [0.25, 0.3) is 0 Å². The van der Waals surface area contributed by atoms with Crippen molar-refractivity contribution in [2.45, 2.75) is 6.92 Å². The molecular formula is C6H7BrO2. The van der Waals surface area contributed by atoms with Crippen LogP contribution in [0.5, 0.6) is 0 Å². The Morgan fingerprint density at radius 3 is 2.22 bits per heavy atom. The van der Waals surface area contributed by atoms with Gasteiger partial charge < -0.3 is 9.21 Å². The molecular weight excluding hydrogens is 184 g/mol. The minimum atomic E-state index is 0.796. The molecule has 0 radical (unpaired) electrons. The number of carbonyl (C=O) groups excluding carboxylic acids is 1. The van der Waals surface area contributed by atoms with Gasteiger partial charge >= 0.3 is 0 Å². The van der Waals surface area contributed by atoms with Crippen molar-refractivity contribution in [3.8, 4) is 0 Å². The zero-order valence-corrected chi connectivity index (χ0v) is 6.64. The molecule has 1 heterocycles. The molecule has 0 aliphatic rings. The second kappa shape index (κ2) is 4.32. The van der Waals surface area contributed by atoms with Crippen LogP contribution in [-0.4, -0.2) is 6.79 Å². The molecule has 0 spiro atoms. The first-order valence-electron chi connectivity index (χ1n) is 2.30. The maximum atomic E-state index is 8.00. The van der Waals surface area contributed by atoms with Crippen LogP contribution >= 0.6 is 15.9 Å². The number of carbonyl (C=O) groups is 1. The Kier molecular flexibility index (Phi) is 4.05. The molecule has 0 aromatic carbocycles. The third-order valence-electron chi connectivity index (χ3n) is 0.708.